The Morgan fingerprint density at radius 2 is 2.15 bits per heavy atom. The maximum absolute atomic E-state index is 5.13. The molecule has 0 aliphatic heterocycles. The molecule has 7 heteroatoms. The van der Waals surface area contributed by atoms with E-state index in [1.54, 1.807) is 13.4 Å². The number of methoxy groups -OCH3 is 1. The van der Waals surface area contributed by atoms with Crippen LogP contribution in [0.2, 0.25) is 0 Å². The highest BCUT2D eigenvalue weighted by Gasteiger charge is 2.16. The summed E-state index contributed by atoms with van der Waals surface area (Å²) >= 11 is 0. The summed E-state index contributed by atoms with van der Waals surface area (Å²) < 4.78 is 7.07. The van der Waals surface area contributed by atoms with Gasteiger partial charge >= 0.3 is 0 Å². The van der Waals surface area contributed by atoms with Gasteiger partial charge in [0.25, 0.3) is 0 Å². The maximum Gasteiger partial charge on any atom is 0.216 e. The number of aromatic nitrogens is 5. The minimum Gasteiger partial charge on any atom is -0.481 e. The molecule has 2 aromatic rings. The third-order valence-corrected chi connectivity index (χ3v) is 3.10. The Labute approximate surface area is 118 Å². The summed E-state index contributed by atoms with van der Waals surface area (Å²) in [7, 11) is 3.50. The van der Waals surface area contributed by atoms with Gasteiger partial charge in [0.1, 0.15) is 18.5 Å². The highest BCUT2D eigenvalue weighted by atomic mass is 16.5. The van der Waals surface area contributed by atoms with Crippen molar-refractivity contribution in [2.75, 3.05) is 14.2 Å². The highest BCUT2D eigenvalue weighted by Crippen LogP contribution is 2.17. The van der Waals surface area contributed by atoms with Crippen molar-refractivity contribution in [2.45, 2.75) is 32.4 Å². The molecule has 20 heavy (non-hydrogen) atoms. The van der Waals surface area contributed by atoms with E-state index in [0.717, 1.165) is 30.9 Å². The molecule has 0 aliphatic carbocycles. The average molecular weight is 276 g/mol. The number of aryl methyl sites for hydroxylation is 1. The normalized spacial score (nSPS) is 12.3. The van der Waals surface area contributed by atoms with Gasteiger partial charge in [-0.1, -0.05) is 6.92 Å². The molecule has 0 amide bonds. The smallest absolute Gasteiger partial charge is 0.216 e. The van der Waals surface area contributed by atoms with E-state index in [9.17, 15) is 0 Å². The fourth-order valence-electron chi connectivity index (χ4n) is 2.04. The molecule has 0 fully saturated rings. The summed E-state index contributed by atoms with van der Waals surface area (Å²) in [5.74, 6) is 1.51. The summed E-state index contributed by atoms with van der Waals surface area (Å²) in [6, 6.07) is 1.88. The minimum atomic E-state index is 0.0479. The molecule has 0 bridgehead atoms. The van der Waals surface area contributed by atoms with Crippen LogP contribution in [0.3, 0.4) is 0 Å². The third-order valence-electron chi connectivity index (χ3n) is 3.10. The molecule has 0 radical (unpaired) electrons. The van der Waals surface area contributed by atoms with Gasteiger partial charge in [0, 0.05) is 19.0 Å². The molecule has 108 valence electrons. The van der Waals surface area contributed by atoms with Crippen LogP contribution >= 0.6 is 0 Å². The Hall–Kier alpha value is -2.02. The quantitative estimate of drug-likeness (QED) is 0.812. The Morgan fingerprint density at radius 3 is 2.85 bits per heavy atom. The monoisotopic (exact) mass is 276 g/mol. The second-order valence-electron chi connectivity index (χ2n) is 4.43. The Morgan fingerprint density at radius 1 is 1.30 bits per heavy atom. The topological polar surface area (TPSA) is 77.8 Å². The van der Waals surface area contributed by atoms with Crippen molar-refractivity contribution in [1.82, 2.24) is 30.0 Å². The van der Waals surface area contributed by atoms with Gasteiger partial charge in [-0.05, 0) is 13.5 Å². The lowest BCUT2D eigenvalue weighted by Crippen LogP contribution is -2.22. The van der Waals surface area contributed by atoms with Crippen molar-refractivity contribution < 1.29 is 4.74 Å². The zero-order valence-electron chi connectivity index (χ0n) is 12.1. The van der Waals surface area contributed by atoms with Gasteiger partial charge in [0.15, 0.2) is 0 Å². The summed E-state index contributed by atoms with van der Waals surface area (Å²) in [6.45, 7) is 3.00. The van der Waals surface area contributed by atoms with Crippen LogP contribution in [0.4, 0.5) is 0 Å². The Kier molecular flexibility index (Phi) is 5.00. The van der Waals surface area contributed by atoms with Gasteiger partial charge in [0.2, 0.25) is 5.88 Å². The lowest BCUT2D eigenvalue weighted by Gasteiger charge is -2.15. The number of ether oxygens (including phenoxy) is 1. The average Bonchev–Trinajstić information content (AvgIpc) is 2.92. The van der Waals surface area contributed by atoms with Crippen LogP contribution in [0.25, 0.3) is 0 Å². The van der Waals surface area contributed by atoms with Crippen LogP contribution in [0, 0.1) is 0 Å². The first-order valence-electron chi connectivity index (χ1n) is 6.68. The van der Waals surface area contributed by atoms with Crippen molar-refractivity contribution >= 4 is 0 Å². The predicted octanol–water partition coefficient (Wildman–Crippen LogP) is 0.990. The van der Waals surface area contributed by atoms with Crippen LogP contribution in [-0.2, 0) is 13.0 Å². The van der Waals surface area contributed by atoms with Crippen LogP contribution in [-0.4, -0.2) is 38.9 Å². The summed E-state index contributed by atoms with van der Waals surface area (Å²) in [6.07, 6.45) is 4.85. The van der Waals surface area contributed by atoms with Crippen LogP contribution in [0.5, 0.6) is 5.88 Å². The molecule has 0 saturated carbocycles. The van der Waals surface area contributed by atoms with E-state index >= 15 is 0 Å². The van der Waals surface area contributed by atoms with Gasteiger partial charge in [-0.3, -0.25) is 4.68 Å². The molecule has 0 saturated heterocycles. The molecule has 2 heterocycles. The molecule has 0 aromatic carbocycles. The maximum atomic E-state index is 5.13. The molecule has 1 atom stereocenters. The molecular formula is C13H20N6O. The molecule has 7 nitrogen and oxygen atoms in total. The van der Waals surface area contributed by atoms with Crippen LogP contribution in [0.15, 0.2) is 18.7 Å². The van der Waals surface area contributed by atoms with E-state index in [0.29, 0.717) is 5.88 Å². The number of rotatable bonds is 7. The fourth-order valence-corrected chi connectivity index (χ4v) is 2.04. The van der Waals surface area contributed by atoms with E-state index in [-0.39, 0.29) is 6.04 Å². The number of hydrogen-bond acceptors (Lipinski definition) is 6. The predicted molar refractivity (Wildman–Crippen MR) is 74.4 cm³/mol. The first kappa shape index (κ1) is 14.4. The van der Waals surface area contributed by atoms with E-state index in [1.165, 1.54) is 6.33 Å². The molecule has 1 N–H and O–H groups in total. The van der Waals surface area contributed by atoms with Crippen molar-refractivity contribution in [2.24, 2.45) is 0 Å². The molecular weight excluding hydrogens is 256 g/mol. The third kappa shape index (κ3) is 3.30. The number of nitrogens with one attached hydrogen (secondary N) is 1. The van der Waals surface area contributed by atoms with Crippen LogP contribution in [0.1, 0.15) is 30.9 Å². The number of likely N-dealkylation sites (N-methyl/N-ethyl adjacent to an activating group) is 1. The van der Waals surface area contributed by atoms with Gasteiger partial charge in [-0.25, -0.2) is 15.0 Å². The van der Waals surface area contributed by atoms with Gasteiger partial charge < -0.3 is 10.1 Å². The summed E-state index contributed by atoms with van der Waals surface area (Å²) in [4.78, 5) is 12.7. The van der Waals surface area contributed by atoms with E-state index in [1.807, 2.05) is 17.8 Å². The lowest BCUT2D eigenvalue weighted by atomic mass is 10.1. The van der Waals surface area contributed by atoms with Crippen molar-refractivity contribution in [3.05, 3.63) is 30.2 Å². The Balaban J connectivity index is 2.17. The molecule has 2 aromatic heterocycles. The van der Waals surface area contributed by atoms with Crippen molar-refractivity contribution in [3.8, 4) is 5.88 Å². The number of hydrogen-bond donors (Lipinski definition) is 1. The minimum absolute atomic E-state index is 0.0479. The lowest BCUT2D eigenvalue weighted by molar-refractivity contribution is 0.394. The molecule has 0 spiro atoms. The zero-order valence-corrected chi connectivity index (χ0v) is 12.1. The van der Waals surface area contributed by atoms with Gasteiger partial charge in [-0.15, -0.1) is 0 Å². The van der Waals surface area contributed by atoms with Gasteiger partial charge in [-0.2, -0.15) is 5.10 Å². The summed E-state index contributed by atoms with van der Waals surface area (Å²) in [5.41, 5.74) is 0.880. The SMILES string of the molecule is CCCn1ncnc1CC(NC)c1cc(OC)ncn1. The Bertz CT molecular complexity index is 541. The summed E-state index contributed by atoms with van der Waals surface area (Å²) in [5, 5.41) is 7.49. The fraction of sp³-hybridized carbons (Fsp3) is 0.538. The van der Waals surface area contributed by atoms with Crippen molar-refractivity contribution in [1.29, 1.82) is 0 Å². The van der Waals surface area contributed by atoms with E-state index < -0.39 is 0 Å². The zero-order chi connectivity index (χ0) is 14.4. The molecule has 0 aliphatic rings. The number of nitrogens with zero attached hydrogens (tertiary/aromatic N) is 5. The second-order valence-corrected chi connectivity index (χ2v) is 4.43. The van der Waals surface area contributed by atoms with Crippen LogP contribution < -0.4 is 10.1 Å². The highest BCUT2D eigenvalue weighted by molar-refractivity contribution is 5.17. The molecule has 2 rings (SSSR count). The van der Waals surface area contributed by atoms with Crippen molar-refractivity contribution in [3.63, 3.8) is 0 Å². The standard InChI is InChI=1S/C13H20N6O/c1-4-5-19-12(16-9-18-19)6-10(14-2)11-7-13(20-3)17-8-15-11/h7-10,14H,4-6H2,1-3H3. The van der Waals surface area contributed by atoms with E-state index in [2.05, 4.69) is 32.3 Å². The first-order chi connectivity index (χ1) is 9.78. The molecule has 1 unspecified atom stereocenters. The largest absolute Gasteiger partial charge is 0.481 e. The van der Waals surface area contributed by atoms with E-state index in [4.69, 9.17) is 4.74 Å². The first-order valence-corrected chi connectivity index (χ1v) is 6.68. The van der Waals surface area contributed by atoms with Gasteiger partial charge in [0.05, 0.1) is 18.8 Å². The second kappa shape index (κ2) is 6.95.